The van der Waals surface area contributed by atoms with Gasteiger partial charge < -0.3 is 10.6 Å². The molecule has 0 saturated heterocycles. The number of nitrogens with two attached hydrogens (primary N) is 1. The fourth-order valence-electron chi connectivity index (χ4n) is 2.41. The van der Waals surface area contributed by atoms with Crippen LogP contribution in [0.25, 0.3) is 10.9 Å². The Balaban J connectivity index is 2.33. The number of benzene rings is 1. The van der Waals surface area contributed by atoms with Gasteiger partial charge in [0.05, 0.1) is 16.8 Å². The maximum Gasteiger partial charge on any atom is 0.103 e. The molecule has 21 heavy (non-hydrogen) atoms. The molecule has 2 N–H and O–H groups in total. The van der Waals surface area contributed by atoms with Crippen LogP contribution in [0.15, 0.2) is 30.5 Å². The van der Waals surface area contributed by atoms with Crippen LogP contribution in [0.3, 0.4) is 0 Å². The van der Waals surface area contributed by atoms with E-state index in [2.05, 4.69) is 29.8 Å². The van der Waals surface area contributed by atoms with E-state index >= 15 is 0 Å². The highest BCUT2D eigenvalue weighted by Gasteiger charge is 2.15. The van der Waals surface area contributed by atoms with Crippen LogP contribution in [0.2, 0.25) is 0 Å². The molecule has 0 aliphatic carbocycles. The van der Waals surface area contributed by atoms with E-state index in [0.29, 0.717) is 11.5 Å². The van der Waals surface area contributed by atoms with Crippen molar-refractivity contribution in [2.75, 3.05) is 18.5 Å². The maximum absolute atomic E-state index is 9.35. The molecular weight excluding hydrogens is 260 g/mol. The van der Waals surface area contributed by atoms with Crippen LogP contribution in [0.5, 0.6) is 0 Å². The summed E-state index contributed by atoms with van der Waals surface area (Å²) in [5, 5.41) is 10.4. The Morgan fingerprint density at radius 1 is 1.33 bits per heavy atom. The van der Waals surface area contributed by atoms with Gasteiger partial charge >= 0.3 is 0 Å². The zero-order valence-electron chi connectivity index (χ0n) is 12.9. The summed E-state index contributed by atoms with van der Waals surface area (Å²) in [5.74, 6) is 0.461. The Morgan fingerprint density at radius 2 is 2.05 bits per heavy atom. The van der Waals surface area contributed by atoms with Crippen LogP contribution in [-0.2, 0) is 0 Å². The Labute approximate surface area is 126 Å². The van der Waals surface area contributed by atoms with Gasteiger partial charge in [-0.2, -0.15) is 5.26 Å². The minimum atomic E-state index is 0.172. The minimum Gasteiger partial charge on any atom is -0.373 e. The van der Waals surface area contributed by atoms with Crippen molar-refractivity contribution >= 4 is 16.6 Å². The summed E-state index contributed by atoms with van der Waals surface area (Å²) >= 11 is 0. The molecule has 1 aromatic heterocycles. The fraction of sp³-hybridized carbons (Fsp3) is 0.412. The predicted molar refractivity (Wildman–Crippen MR) is 87.2 cm³/mol. The van der Waals surface area contributed by atoms with E-state index < -0.39 is 0 Å². The number of para-hydroxylation sites is 1. The molecular formula is C17H22N4. The molecule has 2 rings (SSSR count). The number of nitrogens with zero attached hydrogens (tertiary/aromatic N) is 3. The van der Waals surface area contributed by atoms with Gasteiger partial charge in [-0.15, -0.1) is 0 Å². The molecule has 0 radical (unpaired) electrons. The number of hydrogen-bond donors (Lipinski definition) is 1. The van der Waals surface area contributed by atoms with Crippen LogP contribution >= 0.6 is 0 Å². The molecule has 0 bridgehead atoms. The number of anilines is 1. The smallest absolute Gasteiger partial charge is 0.103 e. The van der Waals surface area contributed by atoms with Crippen molar-refractivity contribution < 1.29 is 0 Å². The average Bonchev–Trinajstić information content (AvgIpc) is 2.50. The molecule has 1 heterocycles. The first-order valence-corrected chi connectivity index (χ1v) is 7.29. The third-order valence-electron chi connectivity index (χ3n) is 3.90. The highest BCUT2D eigenvalue weighted by atomic mass is 15.1. The standard InChI is InChI=1S/C17H22N4/c1-12(2)15(19)8-9-21(3)17-13(10-18)11-20-16-7-5-4-6-14(16)17/h4-7,11-12,15H,8-9,19H2,1-3H3. The number of nitriles is 1. The lowest BCUT2D eigenvalue weighted by Gasteiger charge is -2.25. The summed E-state index contributed by atoms with van der Waals surface area (Å²) < 4.78 is 0. The van der Waals surface area contributed by atoms with Gasteiger partial charge in [0.15, 0.2) is 0 Å². The second-order valence-electron chi connectivity index (χ2n) is 5.77. The van der Waals surface area contributed by atoms with Gasteiger partial charge in [-0.25, -0.2) is 0 Å². The van der Waals surface area contributed by atoms with E-state index in [4.69, 9.17) is 5.73 Å². The third-order valence-corrected chi connectivity index (χ3v) is 3.90. The SMILES string of the molecule is CC(C)C(N)CCN(C)c1c(C#N)cnc2ccccc12. The highest BCUT2D eigenvalue weighted by molar-refractivity contribution is 5.94. The van der Waals surface area contributed by atoms with Crippen LogP contribution in [0.1, 0.15) is 25.8 Å². The first-order valence-electron chi connectivity index (χ1n) is 7.29. The molecule has 0 aliphatic heterocycles. The van der Waals surface area contributed by atoms with E-state index in [1.54, 1.807) is 6.20 Å². The zero-order chi connectivity index (χ0) is 15.4. The molecule has 0 fully saturated rings. The number of pyridine rings is 1. The van der Waals surface area contributed by atoms with Crippen LogP contribution in [-0.4, -0.2) is 24.6 Å². The minimum absolute atomic E-state index is 0.172. The molecule has 4 nitrogen and oxygen atoms in total. The van der Waals surface area contributed by atoms with Crippen LogP contribution < -0.4 is 10.6 Å². The molecule has 1 aromatic carbocycles. The summed E-state index contributed by atoms with van der Waals surface area (Å²) in [6, 6.07) is 10.3. The lowest BCUT2D eigenvalue weighted by atomic mass is 10.0. The van der Waals surface area contributed by atoms with Gasteiger partial charge in [0, 0.05) is 31.2 Å². The molecule has 1 unspecified atom stereocenters. The van der Waals surface area contributed by atoms with Crippen molar-refractivity contribution in [2.45, 2.75) is 26.3 Å². The molecule has 0 amide bonds. The topological polar surface area (TPSA) is 65.9 Å². The second-order valence-corrected chi connectivity index (χ2v) is 5.77. The average molecular weight is 282 g/mol. The lowest BCUT2D eigenvalue weighted by molar-refractivity contribution is 0.466. The summed E-state index contributed by atoms with van der Waals surface area (Å²) in [4.78, 5) is 6.46. The number of hydrogen-bond acceptors (Lipinski definition) is 4. The van der Waals surface area contributed by atoms with E-state index in [0.717, 1.165) is 29.6 Å². The molecule has 0 spiro atoms. The Hall–Kier alpha value is -2.12. The molecule has 0 aliphatic rings. The summed E-state index contributed by atoms with van der Waals surface area (Å²) in [6.45, 7) is 5.09. The van der Waals surface area contributed by atoms with Crippen LogP contribution in [0, 0.1) is 17.2 Å². The van der Waals surface area contributed by atoms with E-state index in [1.807, 2.05) is 31.3 Å². The van der Waals surface area contributed by atoms with Gasteiger partial charge in [0.25, 0.3) is 0 Å². The van der Waals surface area contributed by atoms with Crippen LogP contribution in [0.4, 0.5) is 5.69 Å². The number of fused-ring (bicyclic) bond motifs is 1. The maximum atomic E-state index is 9.35. The van der Waals surface area contributed by atoms with Crippen molar-refractivity contribution in [1.82, 2.24) is 4.98 Å². The molecule has 0 saturated carbocycles. The van der Waals surface area contributed by atoms with Gasteiger partial charge in [0.2, 0.25) is 0 Å². The summed E-state index contributed by atoms with van der Waals surface area (Å²) in [7, 11) is 2.01. The highest BCUT2D eigenvalue weighted by Crippen LogP contribution is 2.28. The van der Waals surface area contributed by atoms with Crippen molar-refractivity contribution in [3.05, 3.63) is 36.0 Å². The molecule has 1 atom stereocenters. The second kappa shape index (κ2) is 6.55. The van der Waals surface area contributed by atoms with Crippen molar-refractivity contribution in [3.8, 4) is 6.07 Å². The largest absolute Gasteiger partial charge is 0.373 e. The predicted octanol–water partition coefficient (Wildman–Crippen LogP) is 2.92. The number of aromatic nitrogens is 1. The van der Waals surface area contributed by atoms with Gasteiger partial charge in [0.1, 0.15) is 6.07 Å². The molecule has 2 aromatic rings. The first-order chi connectivity index (χ1) is 10.0. The van der Waals surface area contributed by atoms with Gasteiger partial charge in [-0.3, -0.25) is 4.98 Å². The van der Waals surface area contributed by atoms with Gasteiger partial charge in [-0.1, -0.05) is 32.0 Å². The first kappa shape index (κ1) is 15.3. The van der Waals surface area contributed by atoms with Gasteiger partial charge in [-0.05, 0) is 18.4 Å². The molecule has 4 heteroatoms. The Kier molecular flexibility index (Phi) is 4.77. The monoisotopic (exact) mass is 282 g/mol. The van der Waals surface area contributed by atoms with Crippen molar-refractivity contribution in [3.63, 3.8) is 0 Å². The van der Waals surface area contributed by atoms with E-state index in [9.17, 15) is 5.26 Å². The quantitative estimate of drug-likeness (QED) is 0.915. The Bertz CT molecular complexity index is 657. The normalized spacial score (nSPS) is 12.4. The lowest BCUT2D eigenvalue weighted by Crippen LogP contribution is -2.32. The zero-order valence-corrected chi connectivity index (χ0v) is 12.9. The molecule has 110 valence electrons. The number of rotatable bonds is 5. The van der Waals surface area contributed by atoms with Crippen molar-refractivity contribution in [2.24, 2.45) is 11.7 Å². The van der Waals surface area contributed by atoms with E-state index in [-0.39, 0.29) is 6.04 Å². The fourth-order valence-corrected chi connectivity index (χ4v) is 2.41. The van der Waals surface area contributed by atoms with E-state index in [1.165, 1.54) is 0 Å². The summed E-state index contributed by atoms with van der Waals surface area (Å²) in [5.41, 5.74) is 8.58. The Morgan fingerprint density at radius 3 is 2.71 bits per heavy atom. The van der Waals surface area contributed by atoms with Crippen molar-refractivity contribution in [1.29, 1.82) is 5.26 Å². The third kappa shape index (κ3) is 3.32. The summed E-state index contributed by atoms with van der Waals surface area (Å²) in [6.07, 6.45) is 2.55.